The quantitative estimate of drug-likeness (QED) is 0.546. The van der Waals surface area contributed by atoms with Gasteiger partial charge in [-0.3, -0.25) is 9.59 Å². The Hall–Kier alpha value is -4.13. The van der Waals surface area contributed by atoms with E-state index in [1.807, 2.05) is 30.3 Å². The Labute approximate surface area is 180 Å². The predicted octanol–water partition coefficient (Wildman–Crippen LogP) is 4.62. The summed E-state index contributed by atoms with van der Waals surface area (Å²) < 4.78 is 10.9. The van der Waals surface area contributed by atoms with E-state index in [1.165, 1.54) is 26.0 Å². The standard InChI is InChI=1S/C24H22N2O5/c1-16(30-24(29)18-8-10-19(11-9-18)25-17(2)27)23(28)26-20-12-14-22(15-13-20)31-21-6-4-3-5-7-21/h3-16H,1-2H3,(H,25,27)(H,26,28)/t16-/m1/s1. The number of esters is 1. The van der Waals surface area contributed by atoms with Crippen molar-refractivity contribution in [3.63, 3.8) is 0 Å². The van der Waals surface area contributed by atoms with Crippen LogP contribution in [0.5, 0.6) is 11.5 Å². The van der Waals surface area contributed by atoms with Gasteiger partial charge in [0.2, 0.25) is 5.91 Å². The van der Waals surface area contributed by atoms with Crippen LogP contribution in [0.25, 0.3) is 0 Å². The number of para-hydroxylation sites is 1. The van der Waals surface area contributed by atoms with Gasteiger partial charge in [0.25, 0.3) is 5.91 Å². The second kappa shape index (κ2) is 10.1. The third-order valence-corrected chi connectivity index (χ3v) is 4.19. The molecule has 1 atom stereocenters. The zero-order valence-corrected chi connectivity index (χ0v) is 17.1. The molecule has 31 heavy (non-hydrogen) atoms. The number of rotatable bonds is 7. The minimum absolute atomic E-state index is 0.208. The highest BCUT2D eigenvalue weighted by Crippen LogP contribution is 2.22. The van der Waals surface area contributed by atoms with Crippen molar-refractivity contribution in [1.29, 1.82) is 0 Å². The van der Waals surface area contributed by atoms with Crippen LogP contribution in [0.4, 0.5) is 11.4 Å². The van der Waals surface area contributed by atoms with Crippen molar-refractivity contribution in [1.82, 2.24) is 0 Å². The van der Waals surface area contributed by atoms with Crippen LogP contribution in [0.1, 0.15) is 24.2 Å². The molecule has 0 aliphatic carbocycles. The molecule has 0 saturated carbocycles. The summed E-state index contributed by atoms with van der Waals surface area (Å²) in [6.07, 6.45) is -0.997. The molecule has 3 aromatic carbocycles. The molecule has 2 N–H and O–H groups in total. The van der Waals surface area contributed by atoms with E-state index in [-0.39, 0.29) is 11.5 Å². The third-order valence-electron chi connectivity index (χ3n) is 4.19. The Morgan fingerprint density at radius 2 is 1.29 bits per heavy atom. The molecule has 0 bridgehead atoms. The molecule has 0 aromatic heterocycles. The Bertz CT molecular complexity index is 1050. The number of carbonyl (C=O) groups excluding carboxylic acids is 3. The van der Waals surface area contributed by atoms with Crippen molar-refractivity contribution < 1.29 is 23.9 Å². The topological polar surface area (TPSA) is 93.7 Å². The summed E-state index contributed by atoms with van der Waals surface area (Å²) in [5, 5.41) is 5.31. The summed E-state index contributed by atoms with van der Waals surface area (Å²) in [5.41, 5.74) is 1.39. The lowest BCUT2D eigenvalue weighted by Crippen LogP contribution is -2.30. The molecular formula is C24H22N2O5. The van der Waals surface area contributed by atoms with E-state index in [1.54, 1.807) is 36.4 Å². The SMILES string of the molecule is CC(=O)Nc1ccc(C(=O)O[C@H](C)C(=O)Nc2ccc(Oc3ccccc3)cc2)cc1. The molecule has 0 radical (unpaired) electrons. The van der Waals surface area contributed by atoms with Crippen LogP contribution in [0, 0.1) is 0 Å². The molecule has 0 heterocycles. The van der Waals surface area contributed by atoms with Gasteiger partial charge in [-0.2, -0.15) is 0 Å². The third kappa shape index (κ3) is 6.43. The first-order chi connectivity index (χ1) is 14.9. The van der Waals surface area contributed by atoms with E-state index in [0.717, 1.165) is 0 Å². The molecule has 2 amide bonds. The number of benzene rings is 3. The van der Waals surface area contributed by atoms with Crippen molar-refractivity contribution in [2.24, 2.45) is 0 Å². The van der Waals surface area contributed by atoms with E-state index in [0.29, 0.717) is 22.9 Å². The fraction of sp³-hybridized carbons (Fsp3) is 0.125. The van der Waals surface area contributed by atoms with Crippen LogP contribution >= 0.6 is 0 Å². The highest BCUT2D eigenvalue weighted by atomic mass is 16.5. The smallest absolute Gasteiger partial charge is 0.338 e. The van der Waals surface area contributed by atoms with Crippen LogP contribution in [-0.4, -0.2) is 23.9 Å². The number of carbonyl (C=O) groups is 3. The molecule has 158 valence electrons. The number of anilines is 2. The van der Waals surface area contributed by atoms with E-state index >= 15 is 0 Å². The molecule has 0 aliphatic rings. The van der Waals surface area contributed by atoms with Crippen molar-refractivity contribution >= 4 is 29.2 Å². The first kappa shape index (κ1) is 21.6. The lowest BCUT2D eigenvalue weighted by Gasteiger charge is -2.14. The highest BCUT2D eigenvalue weighted by molar-refractivity contribution is 5.97. The number of hydrogen-bond acceptors (Lipinski definition) is 5. The van der Waals surface area contributed by atoms with E-state index in [9.17, 15) is 14.4 Å². The zero-order chi connectivity index (χ0) is 22.2. The van der Waals surface area contributed by atoms with Gasteiger partial charge in [0.15, 0.2) is 6.10 Å². The van der Waals surface area contributed by atoms with Crippen LogP contribution in [0.2, 0.25) is 0 Å². The first-order valence-electron chi connectivity index (χ1n) is 9.63. The Morgan fingerprint density at radius 3 is 1.90 bits per heavy atom. The number of amides is 2. The van der Waals surface area contributed by atoms with Gasteiger partial charge in [0, 0.05) is 18.3 Å². The van der Waals surface area contributed by atoms with Crippen molar-refractivity contribution in [2.75, 3.05) is 10.6 Å². The minimum Gasteiger partial charge on any atom is -0.457 e. The monoisotopic (exact) mass is 418 g/mol. The Balaban J connectivity index is 1.52. The minimum atomic E-state index is -0.997. The van der Waals surface area contributed by atoms with Gasteiger partial charge in [-0.1, -0.05) is 18.2 Å². The average Bonchev–Trinajstić information content (AvgIpc) is 2.76. The predicted molar refractivity (Wildman–Crippen MR) is 117 cm³/mol. The molecule has 0 fully saturated rings. The highest BCUT2D eigenvalue weighted by Gasteiger charge is 2.19. The van der Waals surface area contributed by atoms with Gasteiger partial charge in [0.1, 0.15) is 11.5 Å². The van der Waals surface area contributed by atoms with Gasteiger partial charge in [-0.25, -0.2) is 4.79 Å². The molecule has 0 aliphatic heterocycles. The summed E-state index contributed by atoms with van der Waals surface area (Å²) in [5.74, 6) is 0.0418. The van der Waals surface area contributed by atoms with Gasteiger partial charge in [-0.05, 0) is 67.6 Å². The molecule has 0 saturated heterocycles. The van der Waals surface area contributed by atoms with Crippen molar-refractivity contribution in [3.8, 4) is 11.5 Å². The largest absolute Gasteiger partial charge is 0.457 e. The van der Waals surface area contributed by atoms with Gasteiger partial charge in [-0.15, -0.1) is 0 Å². The maximum absolute atomic E-state index is 12.4. The molecular weight excluding hydrogens is 396 g/mol. The van der Waals surface area contributed by atoms with Gasteiger partial charge in [0.05, 0.1) is 5.56 Å². The second-order valence-electron chi connectivity index (χ2n) is 6.73. The molecule has 3 rings (SSSR count). The van der Waals surface area contributed by atoms with Crippen LogP contribution in [0.15, 0.2) is 78.9 Å². The Morgan fingerprint density at radius 1 is 0.742 bits per heavy atom. The molecule has 7 heteroatoms. The van der Waals surface area contributed by atoms with Crippen LogP contribution < -0.4 is 15.4 Å². The molecule has 0 unspecified atom stereocenters. The number of hydrogen-bond donors (Lipinski definition) is 2. The average molecular weight is 418 g/mol. The van der Waals surface area contributed by atoms with Crippen LogP contribution in [-0.2, 0) is 14.3 Å². The van der Waals surface area contributed by atoms with Crippen LogP contribution in [0.3, 0.4) is 0 Å². The summed E-state index contributed by atoms with van der Waals surface area (Å²) in [7, 11) is 0. The maximum Gasteiger partial charge on any atom is 0.338 e. The van der Waals surface area contributed by atoms with E-state index in [2.05, 4.69) is 10.6 Å². The molecule has 0 spiro atoms. The fourth-order valence-electron chi connectivity index (χ4n) is 2.65. The molecule has 3 aromatic rings. The summed E-state index contributed by atoms with van der Waals surface area (Å²) >= 11 is 0. The second-order valence-corrected chi connectivity index (χ2v) is 6.73. The maximum atomic E-state index is 12.4. The van der Waals surface area contributed by atoms with Crippen molar-refractivity contribution in [3.05, 3.63) is 84.4 Å². The number of nitrogens with one attached hydrogen (secondary N) is 2. The van der Waals surface area contributed by atoms with E-state index < -0.39 is 18.0 Å². The van der Waals surface area contributed by atoms with Gasteiger partial charge >= 0.3 is 5.97 Å². The first-order valence-corrected chi connectivity index (χ1v) is 9.63. The molecule has 7 nitrogen and oxygen atoms in total. The normalized spacial score (nSPS) is 11.2. The summed E-state index contributed by atoms with van der Waals surface area (Å²) in [4.78, 5) is 35.7. The summed E-state index contributed by atoms with van der Waals surface area (Å²) in [6, 6.07) is 22.4. The lowest BCUT2D eigenvalue weighted by molar-refractivity contribution is -0.123. The Kier molecular flexibility index (Phi) is 7.01. The lowest BCUT2D eigenvalue weighted by atomic mass is 10.2. The summed E-state index contributed by atoms with van der Waals surface area (Å²) in [6.45, 7) is 2.89. The fourth-order valence-corrected chi connectivity index (χ4v) is 2.65. The van der Waals surface area contributed by atoms with Gasteiger partial charge < -0.3 is 20.1 Å². The number of ether oxygens (including phenoxy) is 2. The zero-order valence-electron chi connectivity index (χ0n) is 17.1. The van der Waals surface area contributed by atoms with Crippen molar-refractivity contribution in [2.45, 2.75) is 20.0 Å². The van der Waals surface area contributed by atoms with E-state index in [4.69, 9.17) is 9.47 Å².